The first-order chi connectivity index (χ1) is 16.6. The molecular weight excluding hydrogens is 478 g/mol. The second-order valence-electron chi connectivity index (χ2n) is 8.64. The molecule has 0 spiro atoms. The molecule has 10 nitrogen and oxygen atoms in total. The highest BCUT2D eigenvalue weighted by Gasteiger charge is 2.34. The van der Waals surface area contributed by atoms with Crippen molar-refractivity contribution in [1.82, 2.24) is 5.32 Å². The Kier molecular flexibility index (Phi) is 19.1. The van der Waals surface area contributed by atoms with Crippen molar-refractivity contribution >= 4 is 28.0 Å². The zero-order valence-corrected chi connectivity index (χ0v) is 21.6. The van der Waals surface area contributed by atoms with Crippen molar-refractivity contribution in [2.45, 2.75) is 108 Å². The summed E-state index contributed by atoms with van der Waals surface area (Å²) in [7, 11) is -4.90. The SMILES string of the molecule is CCCCCC[C@@H](O)C/C=C\CCCCCCCC(=O)NCCOC(=O)C(CC(=O)O)S(=O)(=O)O. The first-order valence-electron chi connectivity index (χ1n) is 12.5. The summed E-state index contributed by atoms with van der Waals surface area (Å²) in [5.74, 6) is -3.18. The fourth-order valence-electron chi connectivity index (χ4n) is 3.37. The van der Waals surface area contributed by atoms with Crippen LogP contribution in [0.5, 0.6) is 0 Å². The molecule has 0 radical (unpaired) electrons. The molecule has 0 aliphatic carbocycles. The molecule has 0 saturated carbocycles. The maximum atomic E-state index is 11.8. The molecule has 0 heterocycles. The van der Waals surface area contributed by atoms with Crippen molar-refractivity contribution in [3.05, 3.63) is 12.2 Å². The molecule has 0 aliphatic heterocycles. The van der Waals surface area contributed by atoms with Crippen LogP contribution in [0.4, 0.5) is 0 Å². The topological polar surface area (TPSA) is 167 Å². The van der Waals surface area contributed by atoms with Crippen LogP contribution >= 0.6 is 0 Å². The van der Waals surface area contributed by atoms with Gasteiger partial charge in [0.1, 0.15) is 6.61 Å². The molecule has 0 aromatic carbocycles. The number of carboxylic acids is 1. The van der Waals surface area contributed by atoms with Crippen molar-refractivity contribution in [3.8, 4) is 0 Å². The van der Waals surface area contributed by atoms with E-state index in [0.717, 1.165) is 51.4 Å². The fraction of sp³-hybridized carbons (Fsp3) is 0.792. The van der Waals surface area contributed by atoms with E-state index in [9.17, 15) is 27.9 Å². The van der Waals surface area contributed by atoms with Crippen molar-refractivity contribution in [3.63, 3.8) is 0 Å². The van der Waals surface area contributed by atoms with Crippen LogP contribution in [-0.4, -0.2) is 65.5 Å². The van der Waals surface area contributed by atoms with Crippen LogP contribution in [0.2, 0.25) is 0 Å². The second kappa shape index (κ2) is 20.2. The van der Waals surface area contributed by atoms with E-state index in [1.165, 1.54) is 19.3 Å². The molecule has 0 bridgehead atoms. The number of aliphatic carboxylic acids is 1. The highest BCUT2D eigenvalue weighted by molar-refractivity contribution is 7.87. The van der Waals surface area contributed by atoms with Gasteiger partial charge in [-0.3, -0.25) is 18.9 Å². The third kappa shape index (κ3) is 20.0. The van der Waals surface area contributed by atoms with Gasteiger partial charge >= 0.3 is 11.9 Å². The van der Waals surface area contributed by atoms with Gasteiger partial charge in [-0.2, -0.15) is 8.42 Å². The van der Waals surface area contributed by atoms with Crippen molar-refractivity contribution in [1.29, 1.82) is 0 Å². The molecule has 0 saturated heterocycles. The number of carboxylic acid groups (broad SMARTS) is 1. The van der Waals surface area contributed by atoms with E-state index in [1.807, 2.05) is 0 Å². The standard InChI is InChI=1S/C24H43NO9S/c1-2-3-4-11-14-20(26)15-12-9-7-5-6-8-10-13-16-22(27)25-17-18-34-24(30)21(19-23(28)29)35(31,32)33/h9,12,20-21,26H,2-8,10-11,13-19H2,1H3,(H,25,27)(H,28,29)(H,31,32,33)/b12-9-/t20-,21?/m1/s1. The lowest BCUT2D eigenvalue weighted by Gasteiger charge is -2.12. The lowest BCUT2D eigenvalue weighted by atomic mass is 10.1. The Labute approximate surface area is 209 Å². The molecule has 0 aliphatic rings. The maximum Gasteiger partial charge on any atom is 0.327 e. The predicted molar refractivity (Wildman–Crippen MR) is 132 cm³/mol. The number of carbonyl (C=O) groups is 3. The van der Waals surface area contributed by atoms with Crippen LogP contribution in [0.3, 0.4) is 0 Å². The van der Waals surface area contributed by atoms with Gasteiger partial charge in [-0.1, -0.05) is 64.0 Å². The third-order valence-corrected chi connectivity index (χ3v) is 6.47. The molecule has 4 N–H and O–H groups in total. The van der Waals surface area contributed by atoms with E-state index in [-0.39, 0.29) is 25.2 Å². The number of amides is 1. The largest absolute Gasteiger partial charge is 0.481 e. The van der Waals surface area contributed by atoms with Gasteiger partial charge in [-0.05, 0) is 32.1 Å². The quantitative estimate of drug-likeness (QED) is 0.0722. The van der Waals surface area contributed by atoms with Crippen molar-refractivity contribution in [2.75, 3.05) is 13.2 Å². The minimum atomic E-state index is -4.90. The highest BCUT2D eigenvalue weighted by Crippen LogP contribution is 2.11. The molecule has 0 aromatic rings. The molecule has 1 unspecified atom stereocenters. The fourth-order valence-corrected chi connectivity index (χ4v) is 4.03. The molecule has 0 fully saturated rings. The summed E-state index contributed by atoms with van der Waals surface area (Å²) in [5, 5.41) is 18.9. The van der Waals surface area contributed by atoms with Gasteiger partial charge in [0.05, 0.1) is 19.1 Å². The van der Waals surface area contributed by atoms with Crippen LogP contribution in [0.15, 0.2) is 12.2 Å². The van der Waals surface area contributed by atoms with Crippen LogP contribution in [0.25, 0.3) is 0 Å². The van der Waals surface area contributed by atoms with Crippen LogP contribution in [0, 0.1) is 0 Å². The lowest BCUT2D eigenvalue weighted by molar-refractivity contribution is -0.147. The van der Waals surface area contributed by atoms with E-state index >= 15 is 0 Å². The minimum Gasteiger partial charge on any atom is -0.481 e. The number of unbranched alkanes of at least 4 members (excludes halogenated alkanes) is 8. The highest BCUT2D eigenvalue weighted by atomic mass is 32.2. The van der Waals surface area contributed by atoms with E-state index in [1.54, 1.807) is 0 Å². The van der Waals surface area contributed by atoms with E-state index in [2.05, 4.69) is 29.1 Å². The van der Waals surface area contributed by atoms with E-state index in [4.69, 9.17) is 9.66 Å². The smallest absolute Gasteiger partial charge is 0.327 e. The average Bonchev–Trinajstić information content (AvgIpc) is 2.78. The lowest BCUT2D eigenvalue weighted by Crippen LogP contribution is -2.36. The first kappa shape index (κ1) is 33.0. The number of esters is 1. The molecule has 11 heteroatoms. The van der Waals surface area contributed by atoms with Crippen LogP contribution < -0.4 is 5.32 Å². The number of aliphatic hydroxyl groups excluding tert-OH is 1. The number of allylic oxidation sites excluding steroid dienone is 1. The van der Waals surface area contributed by atoms with Gasteiger partial charge in [-0.25, -0.2) is 0 Å². The second-order valence-corrected chi connectivity index (χ2v) is 10.2. The van der Waals surface area contributed by atoms with Crippen molar-refractivity contribution < 1.29 is 42.3 Å². The van der Waals surface area contributed by atoms with E-state index in [0.29, 0.717) is 12.8 Å². The van der Waals surface area contributed by atoms with Gasteiger partial charge in [-0.15, -0.1) is 0 Å². The summed E-state index contributed by atoms with van der Waals surface area (Å²) >= 11 is 0. The Bertz CT molecular complexity index is 737. The normalized spacial score (nSPS) is 13.5. The number of rotatable bonds is 22. The van der Waals surface area contributed by atoms with Crippen LogP contribution in [0.1, 0.15) is 96.8 Å². The average molecular weight is 522 g/mol. The summed E-state index contributed by atoms with van der Waals surface area (Å²) in [4.78, 5) is 34.1. The summed E-state index contributed by atoms with van der Waals surface area (Å²) in [6.45, 7) is 1.79. The van der Waals surface area contributed by atoms with Gasteiger partial charge < -0.3 is 20.3 Å². The summed E-state index contributed by atoms with van der Waals surface area (Å²) in [5.41, 5.74) is 0. The van der Waals surface area contributed by atoms with Crippen molar-refractivity contribution in [2.24, 2.45) is 0 Å². The Balaban J connectivity index is 3.72. The summed E-state index contributed by atoms with van der Waals surface area (Å²) in [6.07, 6.45) is 15.2. The Morgan fingerprint density at radius 2 is 1.63 bits per heavy atom. The van der Waals surface area contributed by atoms with E-state index < -0.39 is 33.7 Å². The zero-order chi connectivity index (χ0) is 26.5. The molecular formula is C24H43NO9S. The molecule has 35 heavy (non-hydrogen) atoms. The minimum absolute atomic E-state index is 0.0460. The molecule has 0 aromatic heterocycles. The Morgan fingerprint density at radius 3 is 2.29 bits per heavy atom. The van der Waals surface area contributed by atoms with Crippen LogP contribution in [-0.2, 0) is 29.2 Å². The monoisotopic (exact) mass is 521 g/mol. The number of ether oxygens (including phenoxy) is 1. The number of nitrogens with one attached hydrogen (secondary N) is 1. The number of hydrogen-bond acceptors (Lipinski definition) is 7. The van der Waals surface area contributed by atoms with Gasteiger partial charge in [0, 0.05) is 6.42 Å². The predicted octanol–water partition coefficient (Wildman–Crippen LogP) is 3.39. The van der Waals surface area contributed by atoms with Gasteiger partial charge in [0.25, 0.3) is 10.1 Å². The summed E-state index contributed by atoms with van der Waals surface area (Å²) < 4.78 is 35.8. The number of aliphatic hydroxyl groups is 1. The Morgan fingerprint density at radius 1 is 0.971 bits per heavy atom. The van der Waals surface area contributed by atoms with Gasteiger partial charge in [0.15, 0.2) is 5.25 Å². The first-order valence-corrected chi connectivity index (χ1v) is 14.0. The third-order valence-electron chi connectivity index (χ3n) is 5.39. The molecule has 204 valence electrons. The zero-order valence-electron chi connectivity index (χ0n) is 20.8. The molecule has 1 amide bonds. The number of hydrogen-bond donors (Lipinski definition) is 4. The maximum absolute atomic E-state index is 11.8. The molecule has 2 atom stereocenters. The number of carbonyl (C=O) groups excluding carboxylic acids is 2. The van der Waals surface area contributed by atoms with Gasteiger partial charge in [0.2, 0.25) is 5.91 Å². The Hall–Kier alpha value is -1.98. The molecule has 0 rings (SSSR count). The summed E-state index contributed by atoms with van der Waals surface area (Å²) in [6, 6.07) is 0.